The highest BCUT2D eigenvalue weighted by molar-refractivity contribution is 5.75. The molecule has 0 heterocycles. The third-order valence-electron chi connectivity index (χ3n) is 2.38. The minimum atomic E-state index is -0.123. The van der Waals surface area contributed by atoms with Crippen molar-refractivity contribution in [1.82, 2.24) is 10.2 Å². The predicted molar refractivity (Wildman–Crippen MR) is 50.3 cm³/mol. The van der Waals surface area contributed by atoms with E-state index < -0.39 is 0 Å². The van der Waals surface area contributed by atoms with E-state index in [2.05, 4.69) is 5.32 Å². The zero-order valence-corrected chi connectivity index (χ0v) is 8.29. The van der Waals surface area contributed by atoms with Crippen LogP contribution in [0.25, 0.3) is 0 Å². The van der Waals surface area contributed by atoms with E-state index in [9.17, 15) is 4.79 Å². The Morgan fingerprint density at radius 1 is 1.54 bits per heavy atom. The second-order valence-electron chi connectivity index (χ2n) is 3.81. The Balaban J connectivity index is 1.98. The number of aliphatic hydroxyl groups is 1. The average Bonchev–Trinajstić information content (AvgIpc) is 2.00. The third-order valence-corrected chi connectivity index (χ3v) is 2.38. The first-order chi connectivity index (χ1) is 6.09. The van der Waals surface area contributed by atoms with E-state index in [1.165, 1.54) is 0 Å². The number of nitrogens with one attached hydrogen (secondary N) is 1. The van der Waals surface area contributed by atoms with Crippen LogP contribution in [0.5, 0.6) is 0 Å². The van der Waals surface area contributed by atoms with Gasteiger partial charge in [0.1, 0.15) is 0 Å². The summed E-state index contributed by atoms with van der Waals surface area (Å²) in [5, 5.41) is 12.2. The number of hydrogen-bond acceptors (Lipinski definition) is 3. The van der Waals surface area contributed by atoms with Gasteiger partial charge in [-0.1, -0.05) is 0 Å². The van der Waals surface area contributed by atoms with Crippen LogP contribution >= 0.6 is 0 Å². The van der Waals surface area contributed by atoms with Gasteiger partial charge in [-0.25, -0.2) is 0 Å². The minimum Gasteiger partial charge on any atom is -0.393 e. The lowest BCUT2D eigenvalue weighted by Crippen LogP contribution is -2.45. The van der Waals surface area contributed by atoms with Crippen LogP contribution in [0.1, 0.15) is 19.3 Å². The molecule has 13 heavy (non-hydrogen) atoms. The molecule has 0 atom stereocenters. The monoisotopic (exact) mass is 186 g/mol. The van der Waals surface area contributed by atoms with E-state index in [0.717, 1.165) is 12.8 Å². The zero-order chi connectivity index (χ0) is 9.84. The fraction of sp³-hybridized carbons (Fsp3) is 0.889. The van der Waals surface area contributed by atoms with Crippen molar-refractivity contribution in [2.45, 2.75) is 31.4 Å². The largest absolute Gasteiger partial charge is 0.393 e. The molecule has 1 rings (SSSR count). The predicted octanol–water partition coefficient (Wildman–Crippen LogP) is -0.422. The van der Waals surface area contributed by atoms with Crippen molar-refractivity contribution in [3.8, 4) is 0 Å². The van der Waals surface area contributed by atoms with Crippen LogP contribution in [0.15, 0.2) is 0 Å². The van der Waals surface area contributed by atoms with Crippen molar-refractivity contribution in [3.63, 3.8) is 0 Å². The van der Waals surface area contributed by atoms with Gasteiger partial charge in [0.05, 0.1) is 6.10 Å². The Bertz CT molecular complexity index is 176. The summed E-state index contributed by atoms with van der Waals surface area (Å²) < 4.78 is 0. The topological polar surface area (TPSA) is 52.6 Å². The number of carbonyl (C=O) groups excluding carboxylic acids is 1. The van der Waals surface area contributed by atoms with E-state index in [0.29, 0.717) is 19.0 Å². The van der Waals surface area contributed by atoms with E-state index in [1.807, 2.05) is 0 Å². The molecule has 0 aromatic heterocycles. The summed E-state index contributed by atoms with van der Waals surface area (Å²) in [7, 11) is 3.52. The summed E-state index contributed by atoms with van der Waals surface area (Å²) in [4.78, 5) is 12.7. The van der Waals surface area contributed by atoms with Gasteiger partial charge in [-0.05, 0) is 12.8 Å². The fourth-order valence-electron chi connectivity index (χ4n) is 1.36. The highest BCUT2D eigenvalue weighted by atomic mass is 16.3. The molecule has 1 amide bonds. The molecule has 1 saturated carbocycles. The molecule has 0 spiro atoms. The summed E-state index contributed by atoms with van der Waals surface area (Å²) in [5.41, 5.74) is 0. The number of amides is 1. The van der Waals surface area contributed by atoms with Crippen LogP contribution in [0, 0.1) is 0 Å². The molecule has 2 N–H and O–H groups in total. The smallest absolute Gasteiger partial charge is 0.223 e. The molecule has 0 aliphatic heterocycles. The summed E-state index contributed by atoms with van der Waals surface area (Å²) in [6.45, 7) is 0.717. The lowest BCUT2D eigenvalue weighted by molar-refractivity contribution is -0.128. The Morgan fingerprint density at radius 3 is 2.62 bits per heavy atom. The first kappa shape index (κ1) is 10.5. The number of aliphatic hydroxyl groups excluding tert-OH is 1. The normalized spacial score (nSPS) is 26.7. The molecule has 4 heteroatoms. The van der Waals surface area contributed by atoms with Crippen LogP contribution in [-0.4, -0.2) is 48.7 Å². The molecule has 0 unspecified atom stereocenters. The molecule has 4 nitrogen and oxygen atoms in total. The van der Waals surface area contributed by atoms with Crippen molar-refractivity contribution in [2.24, 2.45) is 0 Å². The molecule has 1 aliphatic carbocycles. The van der Waals surface area contributed by atoms with Crippen LogP contribution in [0.4, 0.5) is 0 Å². The molecule has 0 bridgehead atoms. The number of rotatable bonds is 4. The maximum Gasteiger partial charge on any atom is 0.223 e. The van der Waals surface area contributed by atoms with Gasteiger partial charge in [0.25, 0.3) is 0 Å². The first-order valence-electron chi connectivity index (χ1n) is 4.71. The molecule has 0 aromatic carbocycles. The van der Waals surface area contributed by atoms with E-state index in [-0.39, 0.29) is 12.0 Å². The molecule has 1 fully saturated rings. The van der Waals surface area contributed by atoms with E-state index >= 15 is 0 Å². The molecule has 0 saturated heterocycles. The standard InChI is InChI=1S/C9H18N2O2/c1-11(2)9(13)3-4-10-7-5-8(12)6-7/h7-8,10,12H,3-6H2,1-2H3. The molecule has 1 aliphatic rings. The van der Waals surface area contributed by atoms with Crippen molar-refractivity contribution in [2.75, 3.05) is 20.6 Å². The Labute approximate surface area is 78.9 Å². The van der Waals surface area contributed by atoms with Crippen LogP contribution in [-0.2, 0) is 4.79 Å². The molecular weight excluding hydrogens is 168 g/mol. The summed E-state index contributed by atoms with van der Waals surface area (Å²) in [5.74, 6) is 0.146. The summed E-state index contributed by atoms with van der Waals surface area (Å²) >= 11 is 0. The van der Waals surface area contributed by atoms with E-state index in [1.54, 1.807) is 19.0 Å². The second-order valence-corrected chi connectivity index (χ2v) is 3.81. The minimum absolute atomic E-state index is 0.123. The van der Waals surface area contributed by atoms with Gasteiger partial charge in [-0.15, -0.1) is 0 Å². The van der Waals surface area contributed by atoms with Crippen molar-refractivity contribution in [3.05, 3.63) is 0 Å². The number of nitrogens with zero attached hydrogens (tertiary/aromatic N) is 1. The van der Waals surface area contributed by atoms with Crippen LogP contribution in [0.2, 0.25) is 0 Å². The van der Waals surface area contributed by atoms with Crippen LogP contribution in [0.3, 0.4) is 0 Å². The highest BCUT2D eigenvalue weighted by Gasteiger charge is 2.26. The summed E-state index contributed by atoms with van der Waals surface area (Å²) in [6.07, 6.45) is 2.08. The maximum atomic E-state index is 11.1. The van der Waals surface area contributed by atoms with Crippen molar-refractivity contribution < 1.29 is 9.90 Å². The van der Waals surface area contributed by atoms with Crippen LogP contribution < -0.4 is 5.32 Å². The van der Waals surface area contributed by atoms with Crippen molar-refractivity contribution >= 4 is 5.91 Å². The van der Waals surface area contributed by atoms with Gasteiger partial charge >= 0.3 is 0 Å². The fourth-order valence-corrected chi connectivity index (χ4v) is 1.36. The first-order valence-corrected chi connectivity index (χ1v) is 4.71. The van der Waals surface area contributed by atoms with Gasteiger partial charge in [0.15, 0.2) is 0 Å². The lowest BCUT2D eigenvalue weighted by atomic mass is 9.89. The Hall–Kier alpha value is -0.610. The number of carbonyl (C=O) groups is 1. The quantitative estimate of drug-likeness (QED) is 0.627. The molecule has 0 radical (unpaired) electrons. The molecule has 76 valence electrons. The zero-order valence-electron chi connectivity index (χ0n) is 8.29. The second kappa shape index (κ2) is 4.58. The lowest BCUT2D eigenvalue weighted by Gasteiger charge is -2.32. The average molecular weight is 186 g/mol. The molecule has 0 aromatic rings. The van der Waals surface area contributed by atoms with Gasteiger partial charge < -0.3 is 15.3 Å². The van der Waals surface area contributed by atoms with E-state index in [4.69, 9.17) is 5.11 Å². The summed E-state index contributed by atoms with van der Waals surface area (Å²) in [6, 6.07) is 0.421. The van der Waals surface area contributed by atoms with Gasteiger partial charge in [0.2, 0.25) is 5.91 Å². The Kier molecular flexibility index (Phi) is 3.69. The van der Waals surface area contributed by atoms with Gasteiger partial charge in [-0.3, -0.25) is 4.79 Å². The SMILES string of the molecule is CN(C)C(=O)CCNC1CC(O)C1. The van der Waals surface area contributed by atoms with Crippen molar-refractivity contribution in [1.29, 1.82) is 0 Å². The van der Waals surface area contributed by atoms with Gasteiger partial charge in [-0.2, -0.15) is 0 Å². The van der Waals surface area contributed by atoms with Gasteiger partial charge in [0, 0.05) is 33.1 Å². The number of hydrogen-bond donors (Lipinski definition) is 2. The molecular formula is C9H18N2O2. The maximum absolute atomic E-state index is 11.1. The Morgan fingerprint density at radius 2 is 2.15 bits per heavy atom. The highest BCUT2D eigenvalue weighted by Crippen LogP contribution is 2.18. The third kappa shape index (κ3) is 3.32.